The number of aryl methyl sites for hydroxylation is 1. The maximum absolute atomic E-state index is 5.98. The van der Waals surface area contributed by atoms with E-state index in [2.05, 4.69) is 44.3 Å². The van der Waals surface area contributed by atoms with Gasteiger partial charge in [0.25, 0.3) is 0 Å². The molecule has 0 aromatic heterocycles. The lowest BCUT2D eigenvalue weighted by atomic mass is 9.86. The van der Waals surface area contributed by atoms with Crippen molar-refractivity contribution in [2.45, 2.75) is 52.5 Å². The summed E-state index contributed by atoms with van der Waals surface area (Å²) < 4.78 is 5.98. The lowest BCUT2D eigenvalue weighted by Gasteiger charge is -2.30. The summed E-state index contributed by atoms with van der Waals surface area (Å²) in [6.07, 6.45) is 4.72. The lowest BCUT2D eigenvalue weighted by Crippen LogP contribution is -2.29. The number of ether oxygens (including phenoxy) is 1. The summed E-state index contributed by atoms with van der Waals surface area (Å²) in [5.74, 6) is 1.84. The summed E-state index contributed by atoms with van der Waals surface area (Å²) in [4.78, 5) is 0. The summed E-state index contributed by atoms with van der Waals surface area (Å²) in [6, 6.07) is 7.08. The van der Waals surface area contributed by atoms with Gasteiger partial charge in [-0.3, -0.25) is 0 Å². The predicted octanol–water partition coefficient (Wildman–Crippen LogP) is 4.10. The number of rotatable bonds is 6. The molecule has 2 rings (SSSR count). The van der Waals surface area contributed by atoms with E-state index in [0.717, 1.165) is 31.7 Å². The van der Waals surface area contributed by atoms with Crippen LogP contribution in [0.15, 0.2) is 18.2 Å². The number of benzene rings is 1. The Balaban J connectivity index is 2.35. The van der Waals surface area contributed by atoms with Crippen LogP contribution in [0.5, 0.6) is 5.75 Å². The van der Waals surface area contributed by atoms with Crippen molar-refractivity contribution in [2.24, 2.45) is 5.92 Å². The minimum absolute atomic E-state index is 0.424. The third kappa shape index (κ3) is 3.11. The van der Waals surface area contributed by atoms with Crippen molar-refractivity contribution in [1.29, 1.82) is 0 Å². The van der Waals surface area contributed by atoms with Gasteiger partial charge in [0.05, 0.1) is 6.61 Å². The monoisotopic (exact) mass is 261 g/mol. The molecule has 1 aliphatic heterocycles. The van der Waals surface area contributed by atoms with Crippen molar-refractivity contribution in [3.63, 3.8) is 0 Å². The molecule has 0 saturated heterocycles. The molecule has 2 heteroatoms. The molecule has 0 bridgehead atoms. The maximum Gasteiger partial charge on any atom is 0.127 e. The molecule has 1 unspecified atom stereocenters. The molecule has 0 aliphatic carbocycles. The topological polar surface area (TPSA) is 21.3 Å². The van der Waals surface area contributed by atoms with Crippen LogP contribution in [0.25, 0.3) is 0 Å². The zero-order chi connectivity index (χ0) is 13.7. The first-order valence-electron chi connectivity index (χ1n) is 7.79. The number of hydrogen-bond donors (Lipinski definition) is 1. The van der Waals surface area contributed by atoms with Gasteiger partial charge in [-0.05, 0) is 30.9 Å². The van der Waals surface area contributed by atoms with E-state index in [1.54, 1.807) is 0 Å². The van der Waals surface area contributed by atoms with Crippen LogP contribution in [0.1, 0.15) is 57.2 Å². The van der Waals surface area contributed by atoms with Gasteiger partial charge in [0.1, 0.15) is 5.75 Å². The van der Waals surface area contributed by atoms with Crippen molar-refractivity contribution in [1.82, 2.24) is 5.32 Å². The first kappa shape index (κ1) is 14.4. The SMILES string of the molecule is CCNC(c1cccc2c1OCCC2)C(CC)CC. The highest BCUT2D eigenvalue weighted by Crippen LogP contribution is 2.37. The Bertz CT molecular complexity index is 398. The standard InChI is InChI=1S/C17H27NO/c1-4-13(5-2)16(18-6-3)15-11-7-9-14-10-8-12-19-17(14)15/h7,9,11,13,16,18H,4-6,8,10,12H2,1-3H3. The minimum Gasteiger partial charge on any atom is -0.493 e. The molecule has 0 amide bonds. The average molecular weight is 261 g/mol. The minimum atomic E-state index is 0.424. The van der Waals surface area contributed by atoms with E-state index in [0.29, 0.717) is 12.0 Å². The molecule has 0 radical (unpaired) electrons. The first-order valence-corrected chi connectivity index (χ1v) is 7.79. The highest BCUT2D eigenvalue weighted by atomic mass is 16.5. The lowest BCUT2D eigenvalue weighted by molar-refractivity contribution is 0.271. The van der Waals surface area contributed by atoms with E-state index in [4.69, 9.17) is 4.74 Å². The number of nitrogens with one attached hydrogen (secondary N) is 1. The molecule has 1 aromatic rings. The van der Waals surface area contributed by atoms with Gasteiger partial charge >= 0.3 is 0 Å². The molecule has 1 atom stereocenters. The molecule has 106 valence electrons. The summed E-state index contributed by atoms with van der Waals surface area (Å²) in [5, 5.41) is 3.67. The normalized spacial score (nSPS) is 16.0. The molecule has 1 heterocycles. The molecular formula is C17H27NO. The van der Waals surface area contributed by atoms with Crippen molar-refractivity contribution >= 4 is 0 Å². The van der Waals surface area contributed by atoms with Gasteiger partial charge in [0, 0.05) is 11.6 Å². The zero-order valence-corrected chi connectivity index (χ0v) is 12.5. The molecule has 0 spiro atoms. The van der Waals surface area contributed by atoms with Crippen molar-refractivity contribution in [3.05, 3.63) is 29.3 Å². The first-order chi connectivity index (χ1) is 9.31. The largest absolute Gasteiger partial charge is 0.493 e. The van der Waals surface area contributed by atoms with Gasteiger partial charge < -0.3 is 10.1 Å². The Labute approximate surface area is 117 Å². The van der Waals surface area contributed by atoms with Crippen LogP contribution in [0, 0.1) is 5.92 Å². The zero-order valence-electron chi connectivity index (χ0n) is 12.5. The van der Waals surface area contributed by atoms with Gasteiger partial charge in [0.2, 0.25) is 0 Å². The Morgan fingerprint density at radius 2 is 2.00 bits per heavy atom. The second-order valence-corrected chi connectivity index (χ2v) is 5.40. The number of fused-ring (bicyclic) bond motifs is 1. The van der Waals surface area contributed by atoms with Gasteiger partial charge in [-0.25, -0.2) is 0 Å². The highest BCUT2D eigenvalue weighted by Gasteiger charge is 2.25. The Morgan fingerprint density at radius 3 is 2.68 bits per heavy atom. The molecule has 1 aliphatic rings. The summed E-state index contributed by atoms with van der Waals surface area (Å²) in [6.45, 7) is 8.63. The van der Waals surface area contributed by atoms with Crippen molar-refractivity contribution < 1.29 is 4.74 Å². The summed E-state index contributed by atoms with van der Waals surface area (Å²) in [5.41, 5.74) is 2.75. The smallest absolute Gasteiger partial charge is 0.127 e. The van der Waals surface area contributed by atoms with Crippen LogP contribution < -0.4 is 10.1 Å². The van der Waals surface area contributed by atoms with Crippen LogP contribution in [0.3, 0.4) is 0 Å². The summed E-state index contributed by atoms with van der Waals surface area (Å²) >= 11 is 0. The second-order valence-electron chi connectivity index (χ2n) is 5.40. The van der Waals surface area contributed by atoms with Crippen LogP contribution in [-0.2, 0) is 6.42 Å². The fourth-order valence-corrected chi connectivity index (χ4v) is 3.17. The van der Waals surface area contributed by atoms with E-state index in [1.807, 2.05) is 0 Å². The Hall–Kier alpha value is -1.02. The van der Waals surface area contributed by atoms with Crippen molar-refractivity contribution in [2.75, 3.05) is 13.2 Å². The van der Waals surface area contributed by atoms with E-state index < -0.39 is 0 Å². The molecule has 1 aromatic carbocycles. The Morgan fingerprint density at radius 1 is 1.21 bits per heavy atom. The van der Waals surface area contributed by atoms with Crippen molar-refractivity contribution in [3.8, 4) is 5.75 Å². The molecular weight excluding hydrogens is 234 g/mol. The van der Waals surface area contributed by atoms with Gasteiger partial charge in [-0.15, -0.1) is 0 Å². The van der Waals surface area contributed by atoms with Crippen LogP contribution >= 0.6 is 0 Å². The molecule has 0 fully saturated rings. The number of hydrogen-bond acceptors (Lipinski definition) is 2. The quantitative estimate of drug-likeness (QED) is 0.832. The molecule has 1 N–H and O–H groups in total. The van der Waals surface area contributed by atoms with E-state index >= 15 is 0 Å². The van der Waals surface area contributed by atoms with Gasteiger partial charge in [0.15, 0.2) is 0 Å². The van der Waals surface area contributed by atoms with Gasteiger partial charge in [-0.1, -0.05) is 51.8 Å². The fraction of sp³-hybridized carbons (Fsp3) is 0.647. The molecule has 0 saturated carbocycles. The Kier molecular flexibility index (Phi) is 5.26. The van der Waals surface area contributed by atoms with Crippen LogP contribution in [-0.4, -0.2) is 13.2 Å². The van der Waals surface area contributed by atoms with Gasteiger partial charge in [-0.2, -0.15) is 0 Å². The van der Waals surface area contributed by atoms with E-state index in [-0.39, 0.29) is 0 Å². The fourth-order valence-electron chi connectivity index (χ4n) is 3.17. The maximum atomic E-state index is 5.98. The third-order valence-corrected chi connectivity index (χ3v) is 4.24. The molecule has 2 nitrogen and oxygen atoms in total. The second kappa shape index (κ2) is 6.95. The number of para-hydroxylation sites is 1. The van der Waals surface area contributed by atoms with E-state index in [1.165, 1.54) is 24.0 Å². The molecule has 19 heavy (non-hydrogen) atoms. The van der Waals surface area contributed by atoms with E-state index in [9.17, 15) is 0 Å². The predicted molar refractivity (Wildman–Crippen MR) is 80.7 cm³/mol. The van der Waals surface area contributed by atoms with Crippen LogP contribution in [0.4, 0.5) is 0 Å². The third-order valence-electron chi connectivity index (χ3n) is 4.24. The average Bonchev–Trinajstić information content (AvgIpc) is 2.47. The van der Waals surface area contributed by atoms with Crippen LogP contribution in [0.2, 0.25) is 0 Å². The summed E-state index contributed by atoms with van der Waals surface area (Å²) in [7, 11) is 0. The highest BCUT2D eigenvalue weighted by molar-refractivity contribution is 5.44.